The third-order valence-corrected chi connectivity index (χ3v) is 10.1. The van der Waals surface area contributed by atoms with E-state index in [1.165, 1.54) is 4.90 Å². The van der Waals surface area contributed by atoms with Crippen molar-refractivity contribution in [3.63, 3.8) is 0 Å². The molecule has 6 atom stereocenters. The number of aromatic nitrogens is 3. The fraction of sp³-hybridized carbons (Fsp3) is 0.486. The van der Waals surface area contributed by atoms with Crippen LogP contribution in [-0.4, -0.2) is 98.4 Å². The van der Waals surface area contributed by atoms with Crippen molar-refractivity contribution in [1.29, 1.82) is 0 Å². The number of rotatable bonds is 10. The number of likely N-dealkylation sites (N-methyl/N-ethyl adjacent to an activating group) is 1. The Morgan fingerprint density at radius 3 is 2.48 bits per heavy atom. The zero-order valence-electron chi connectivity index (χ0n) is 29.4. The average molecular weight is 715 g/mol. The number of aliphatic carboxylic acids is 1. The summed E-state index contributed by atoms with van der Waals surface area (Å²) in [7, 11) is 1.66. The largest absolute Gasteiger partial charge is 0.487 e. The molecule has 0 spiro atoms. The SMILES string of the molecule is CN[C@@H](C)C(=O)N[C@@H](CC1CC1)C(=O)N1C[C@@H]2C[C@H]1C(=O)N[C@@H](CCc1ccccc1)C(=O)N[C@H](C(=O)O)Cc1ccc(cc1)OCc1cn2nn1. The number of nitrogens with zero attached hydrogens (tertiary/aromatic N) is 4. The Bertz CT molecular complexity index is 1750. The first-order valence-electron chi connectivity index (χ1n) is 17.9. The number of likely N-dealkylation sites (tertiary alicyclic amines) is 1. The molecular weight excluding hydrogens is 668 g/mol. The van der Waals surface area contributed by atoms with Gasteiger partial charge in [0.25, 0.3) is 0 Å². The summed E-state index contributed by atoms with van der Waals surface area (Å²) < 4.78 is 7.53. The Labute approximate surface area is 301 Å². The van der Waals surface area contributed by atoms with Crippen LogP contribution in [0.15, 0.2) is 60.8 Å². The first kappa shape index (κ1) is 36.5. The Kier molecular flexibility index (Phi) is 11.5. The highest BCUT2D eigenvalue weighted by atomic mass is 16.5. The van der Waals surface area contributed by atoms with Crippen molar-refractivity contribution in [3.8, 4) is 5.75 Å². The highest BCUT2D eigenvalue weighted by Crippen LogP contribution is 2.35. The standard InChI is InChI=1S/C37H46N8O7/c1-22(38-2)33(46)40-30(16-24-8-9-24)36(49)44-20-27-18-32(44)35(48)39-29(15-12-23-6-4-3-5-7-23)34(47)41-31(37(50)51)17-25-10-13-28(14-11-25)52-21-26-19-45(27)43-42-26/h3-7,10-11,13-14,19,22,24,27,29-32,38H,8-9,12,15-18,20-21H2,1-2H3,(H,39,48)(H,40,46)(H,41,47)(H,50,51)/t22-,27-,29-,30-,31-,32-/m0/s1. The van der Waals surface area contributed by atoms with Crippen LogP contribution >= 0.6 is 0 Å². The molecule has 15 nitrogen and oxygen atoms in total. The van der Waals surface area contributed by atoms with E-state index in [-0.39, 0.29) is 38.3 Å². The van der Waals surface area contributed by atoms with Gasteiger partial charge in [0.1, 0.15) is 42.2 Å². The Morgan fingerprint density at radius 2 is 1.79 bits per heavy atom. The number of aryl methyl sites for hydroxylation is 1. The molecule has 4 heterocycles. The van der Waals surface area contributed by atoms with Crippen LogP contribution in [0.5, 0.6) is 5.75 Å². The highest BCUT2D eigenvalue weighted by Gasteiger charge is 2.45. The fourth-order valence-corrected chi connectivity index (χ4v) is 6.67. The lowest BCUT2D eigenvalue weighted by atomic mass is 10.0. The quantitative estimate of drug-likeness (QED) is 0.203. The zero-order chi connectivity index (χ0) is 36.8. The third-order valence-electron chi connectivity index (χ3n) is 10.1. The number of carbonyl (C=O) groups is 5. The van der Waals surface area contributed by atoms with Crippen LogP contribution < -0.4 is 26.0 Å². The molecule has 0 radical (unpaired) electrons. The number of fused-ring (bicyclic) bond motifs is 9. The summed E-state index contributed by atoms with van der Waals surface area (Å²) in [6, 6.07) is 11.1. The second-order valence-electron chi connectivity index (χ2n) is 14.0. The van der Waals surface area contributed by atoms with E-state index < -0.39 is 59.9 Å². The number of carboxylic acid groups (broad SMARTS) is 1. The van der Waals surface area contributed by atoms with Gasteiger partial charge in [-0.05, 0) is 62.4 Å². The summed E-state index contributed by atoms with van der Waals surface area (Å²) in [5, 5.41) is 30.0. The van der Waals surface area contributed by atoms with Gasteiger partial charge in [0.15, 0.2) is 0 Å². The molecule has 1 aromatic heterocycles. The van der Waals surface area contributed by atoms with Gasteiger partial charge in [0.05, 0.1) is 18.3 Å². The summed E-state index contributed by atoms with van der Waals surface area (Å²) in [5.41, 5.74) is 2.14. The number of benzene rings is 2. The van der Waals surface area contributed by atoms with Crippen LogP contribution in [0.3, 0.4) is 0 Å². The van der Waals surface area contributed by atoms with Crippen LogP contribution in [0.1, 0.15) is 61.9 Å². The smallest absolute Gasteiger partial charge is 0.326 e. The maximum Gasteiger partial charge on any atom is 0.326 e. The first-order valence-corrected chi connectivity index (χ1v) is 17.9. The predicted molar refractivity (Wildman–Crippen MR) is 188 cm³/mol. The minimum absolute atomic E-state index is 0.00187. The van der Waals surface area contributed by atoms with Gasteiger partial charge in [0, 0.05) is 19.4 Å². The van der Waals surface area contributed by atoms with Gasteiger partial charge in [-0.2, -0.15) is 0 Å². The van der Waals surface area contributed by atoms with Crippen LogP contribution in [0, 0.1) is 5.92 Å². The van der Waals surface area contributed by atoms with E-state index >= 15 is 0 Å². The molecule has 0 unspecified atom stereocenters. The molecule has 3 aliphatic heterocycles. The normalized spacial score (nSPS) is 23.2. The minimum atomic E-state index is -1.27. The molecule has 6 bridgehead atoms. The molecule has 5 N–H and O–H groups in total. The van der Waals surface area contributed by atoms with Crippen LogP contribution in [0.25, 0.3) is 0 Å². The van der Waals surface area contributed by atoms with Gasteiger partial charge in [-0.25, -0.2) is 9.48 Å². The molecular formula is C37H46N8O7. The monoisotopic (exact) mass is 714 g/mol. The summed E-state index contributed by atoms with van der Waals surface area (Å²) >= 11 is 0. The van der Waals surface area contributed by atoms with Gasteiger partial charge in [-0.1, -0.05) is 60.5 Å². The average Bonchev–Trinajstić information content (AvgIpc) is 3.64. The van der Waals surface area contributed by atoms with Gasteiger partial charge in [-0.3, -0.25) is 19.2 Å². The first-order chi connectivity index (χ1) is 25.1. The number of carboxylic acids is 1. The number of hydrogen-bond acceptors (Lipinski definition) is 9. The summed E-state index contributed by atoms with van der Waals surface area (Å²) in [5.74, 6) is -2.32. The summed E-state index contributed by atoms with van der Waals surface area (Å²) in [4.78, 5) is 69.4. The molecule has 276 valence electrons. The van der Waals surface area contributed by atoms with Crippen LogP contribution in [0.2, 0.25) is 0 Å². The molecule has 52 heavy (non-hydrogen) atoms. The van der Waals surface area contributed by atoms with E-state index in [4.69, 9.17) is 4.74 Å². The number of amides is 4. The predicted octanol–water partition coefficient (Wildman–Crippen LogP) is 1.14. The molecule has 2 fully saturated rings. The fourth-order valence-electron chi connectivity index (χ4n) is 6.67. The van der Waals surface area contributed by atoms with Gasteiger partial charge < -0.3 is 36.0 Å². The number of nitrogens with one attached hydrogen (secondary N) is 4. The van der Waals surface area contributed by atoms with Crippen molar-refractivity contribution in [2.24, 2.45) is 5.92 Å². The molecule has 1 saturated heterocycles. The van der Waals surface area contributed by atoms with E-state index in [0.29, 0.717) is 35.8 Å². The van der Waals surface area contributed by atoms with Crippen molar-refractivity contribution in [2.75, 3.05) is 13.6 Å². The molecule has 7 rings (SSSR count). The molecule has 3 aromatic rings. The Hall–Kier alpha value is -5.31. The maximum atomic E-state index is 14.4. The van der Waals surface area contributed by atoms with Crippen molar-refractivity contribution in [2.45, 2.75) is 94.7 Å². The van der Waals surface area contributed by atoms with Gasteiger partial charge >= 0.3 is 5.97 Å². The van der Waals surface area contributed by atoms with E-state index in [2.05, 4.69) is 31.6 Å². The number of hydrogen-bond donors (Lipinski definition) is 5. The van der Waals surface area contributed by atoms with E-state index in [0.717, 1.165) is 18.4 Å². The lowest BCUT2D eigenvalue weighted by Crippen LogP contribution is -2.58. The lowest BCUT2D eigenvalue weighted by Gasteiger charge is -2.30. The zero-order valence-corrected chi connectivity index (χ0v) is 29.4. The maximum absolute atomic E-state index is 14.4. The second-order valence-corrected chi connectivity index (χ2v) is 14.0. The number of carbonyl (C=O) groups excluding carboxylic acids is 4. The summed E-state index contributed by atoms with van der Waals surface area (Å²) in [6.07, 6.45) is 4.86. The molecule has 4 amide bonds. The highest BCUT2D eigenvalue weighted by molar-refractivity contribution is 5.96. The van der Waals surface area contributed by atoms with Gasteiger partial charge in [0.2, 0.25) is 23.6 Å². The van der Waals surface area contributed by atoms with E-state index in [9.17, 15) is 29.1 Å². The van der Waals surface area contributed by atoms with Crippen molar-refractivity contribution >= 4 is 29.6 Å². The van der Waals surface area contributed by atoms with Crippen LogP contribution in [-0.2, 0) is 43.4 Å². The second kappa shape index (κ2) is 16.4. The van der Waals surface area contributed by atoms with Crippen molar-refractivity contribution < 1.29 is 33.8 Å². The van der Waals surface area contributed by atoms with Gasteiger partial charge in [-0.15, -0.1) is 5.10 Å². The lowest BCUT2D eigenvalue weighted by molar-refractivity contribution is -0.143. The van der Waals surface area contributed by atoms with Crippen molar-refractivity contribution in [1.82, 2.24) is 41.2 Å². The van der Waals surface area contributed by atoms with Crippen LogP contribution in [0.4, 0.5) is 0 Å². The molecule has 1 aliphatic carbocycles. The molecule has 4 aliphatic rings. The summed E-state index contributed by atoms with van der Waals surface area (Å²) in [6.45, 7) is 1.92. The number of ether oxygens (including phenoxy) is 1. The Morgan fingerprint density at radius 1 is 1.04 bits per heavy atom. The minimum Gasteiger partial charge on any atom is -0.487 e. The molecule has 2 aromatic carbocycles. The molecule has 15 heteroatoms. The third kappa shape index (κ3) is 9.12. The van der Waals surface area contributed by atoms with Crippen molar-refractivity contribution in [3.05, 3.63) is 77.6 Å². The van der Waals surface area contributed by atoms with E-state index in [1.54, 1.807) is 49.1 Å². The Balaban J connectivity index is 1.32. The van der Waals surface area contributed by atoms with E-state index in [1.807, 2.05) is 30.3 Å². The topological polar surface area (TPSA) is 197 Å². The molecule has 1 saturated carbocycles.